The van der Waals surface area contributed by atoms with Crippen LogP contribution in [0.2, 0.25) is 0 Å². The normalized spacial score (nSPS) is 13.4. The number of hydrogen-bond donors (Lipinski definition) is 2. The van der Waals surface area contributed by atoms with E-state index in [0.29, 0.717) is 0 Å². The van der Waals surface area contributed by atoms with Gasteiger partial charge >= 0.3 is 0 Å². The number of nitrogens with zero attached hydrogens (tertiary/aromatic N) is 2. The predicted molar refractivity (Wildman–Crippen MR) is 211 cm³/mol. The van der Waals surface area contributed by atoms with E-state index in [4.69, 9.17) is 9.97 Å². The minimum absolute atomic E-state index is 0.977. The van der Waals surface area contributed by atoms with E-state index >= 15 is 0 Å². The maximum absolute atomic E-state index is 5.78. The SMILES string of the molecule is CCCCc1c2nc(cc3[nH]c(cc4[nH]c(c(CCCC)c5nc1C(CC)=C5CC)c(CC)c4CC)c(CC)c3CC)C(CC)=C2CC. The number of fused-ring (bicyclic) bond motifs is 8. The molecule has 0 amide bonds. The minimum atomic E-state index is 0.977. The Morgan fingerprint density at radius 1 is 0.417 bits per heavy atom. The van der Waals surface area contributed by atoms with E-state index < -0.39 is 0 Å². The molecule has 0 saturated heterocycles. The van der Waals surface area contributed by atoms with Crippen LogP contribution in [-0.4, -0.2) is 19.9 Å². The van der Waals surface area contributed by atoms with Gasteiger partial charge in [-0.1, -0.05) is 82.1 Å². The molecule has 48 heavy (non-hydrogen) atoms. The third-order valence-electron chi connectivity index (χ3n) is 11.0. The van der Waals surface area contributed by atoms with Crippen LogP contribution in [0.15, 0.2) is 12.1 Å². The molecule has 0 fully saturated rings. The first-order valence-electron chi connectivity index (χ1n) is 19.7. The standard InChI is InChI=1S/C44H62N4/c1-11-21-23-35-41-31(17-7)29(15-5)39(46-41)25-37-27(13-3)28(14-4)38(45-37)26-40-30(16-6)32(18-8)42(47-40)36(24-22-12-2)44-34(20-10)33(19-9)43(35)48-44/h25-26,45-46H,11-24H2,1-10H3. The number of hydrogen-bond acceptors (Lipinski definition) is 2. The van der Waals surface area contributed by atoms with Gasteiger partial charge < -0.3 is 9.97 Å². The Morgan fingerprint density at radius 3 is 1.38 bits per heavy atom. The second-order valence-electron chi connectivity index (χ2n) is 13.6. The number of H-pyrrole nitrogens is 2. The number of aromatic amines is 2. The summed E-state index contributed by atoms with van der Waals surface area (Å²) >= 11 is 0. The summed E-state index contributed by atoms with van der Waals surface area (Å²) in [4.78, 5) is 19.4. The summed E-state index contributed by atoms with van der Waals surface area (Å²) in [7, 11) is 0. The van der Waals surface area contributed by atoms with Crippen molar-refractivity contribution < 1.29 is 0 Å². The Morgan fingerprint density at radius 2 is 0.854 bits per heavy atom. The Bertz CT molecular complexity index is 1870. The number of nitrogens with one attached hydrogen (secondary N) is 2. The molecule has 0 atom stereocenters. The van der Waals surface area contributed by atoms with Crippen LogP contribution in [0.5, 0.6) is 0 Å². The highest BCUT2D eigenvalue weighted by molar-refractivity contribution is 5.98. The van der Waals surface area contributed by atoms with Gasteiger partial charge in [0, 0.05) is 33.2 Å². The topological polar surface area (TPSA) is 57.4 Å². The molecule has 4 nitrogen and oxygen atoms in total. The van der Waals surface area contributed by atoms with Crippen LogP contribution < -0.4 is 0 Å². The third kappa shape index (κ3) is 6.25. The van der Waals surface area contributed by atoms with Crippen molar-refractivity contribution in [3.63, 3.8) is 0 Å². The lowest BCUT2D eigenvalue weighted by atomic mass is 9.91. The average molecular weight is 647 g/mol. The van der Waals surface area contributed by atoms with E-state index in [-0.39, 0.29) is 0 Å². The maximum Gasteiger partial charge on any atom is 0.0726 e. The van der Waals surface area contributed by atoms with Crippen molar-refractivity contribution in [2.45, 2.75) is 159 Å². The van der Waals surface area contributed by atoms with Gasteiger partial charge in [0.05, 0.1) is 22.8 Å². The fraction of sp³-hybridized carbons (Fsp3) is 0.545. The zero-order valence-electron chi connectivity index (χ0n) is 31.9. The monoisotopic (exact) mass is 646 g/mol. The van der Waals surface area contributed by atoms with Crippen LogP contribution in [0.1, 0.15) is 177 Å². The first kappa shape index (κ1) is 35.9. The summed E-state index contributed by atoms with van der Waals surface area (Å²) in [5.41, 5.74) is 24.1. The lowest BCUT2D eigenvalue weighted by molar-refractivity contribution is 0.784. The molecule has 0 spiro atoms. The fourth-order valence-corrected chi connectivity index (χ4v) is 8.64. The van der Waals surface area contributed by atoms with Crippen LogP contribution in [0.4, 0.5) is 0 Å². The van der Waals surface area contributed by atoms with E-state index in [2.05, 4.69) is 91.3 Å². The van der Waals surface area contributed by atoms with Crippen molar-refractivity contribution in [2.24, 2.45) is 0 Å². The summed E-state index contributed by atoms with van der Waals surface area (Å²) < 4.78 is 0. The minimum Gasteiger partial charge on any atom is -0.355 e. The molecule has 3 aromatic rings. The second kappa shape index (κ2) is 15.9. The lowest BCUT2D eigenvalue weighted by Crippen LogP contribution is -2.00. The quantitative estimate of drug-likeness (QED) is 0.183. The van der Waals surface area contributed by atoms with Gasteiger partial charge in [-0.25, -0.2) is 9.97 Å². The van der Waals surface area contributed by atoms with Gasteiger partial charge in [0.25, 0.3) is 0 Å². The van der Waals surface area contributed by atoms with E-state index in [1.807, 2.05) is 0 Å². The first-order valence-corrected chi connectivity index (χ1v) is 19.7. The molecule has 8 bridgehead atoms. The van der Waals surface area contributed by atoms with Crippen molar-refractivity contribution in [1.29, 1.82) is 0 Å². The van der Waals surface area contributed by atoms with E-state index in [1.54, 1.807) is 0 Å². The summed E-state index contributed by atoms with van der Waals surface area (Å²) in [5.74, 6) is 0. The lowest BCUT2D eigenvalue weighted by Gasteiger charge is -2.12. The van der Waals surface area contributed by atoms with E-state index in [0.717, 1.165) is 95.6 Å². The van der Waals surface area contributed by atoms with Crippen LogP contribution in [0.3, 0.4) is 0 Å². The van der Waals surface area contributed by atoms with Gasteiger partial charge in [-0.15, -0.1) is 0 Å². The predicted octanol–water partition coefficient (Wildman–Crippen LogP) is 12.7. The molecule has 3 aromatic heterocycles. The zero-order chi connectivity index (χ0) is 34.5. The Kier molecular flexibility index (Phi) is 11.9. The third-order valence-corrected chi connectivity index (χ3v) is 11.0. The maximum atomic E-state index is 5.78. The molecule has 0 saturated carbocycles. The van der Waals surface area contributed by atoms with Crippen molar-refractivity contribution in [3.05, 3.63) is 68.3 Å². The van der Waals surface area contributed by atoms with Gasteiger partial charge in [0.2, 0.25) is 0 Å². The van der Waals surface area contributed by atoms with Crippen LogP contribution >= 0.6 is 0 Å². The molecular formula is C44H62N4. The molecule has 0 aromatic carbocycles. The van der Waals surface area contributed by atoms with E-state index in [9.17, 15) is 0 Å². The summed E-state index contributed by atoms with van der Waals surface area (Å²) in [6.07, 6.45) is 14.6. The molecule has 0 aliphatic carbocycles. The molecular weight excluding hydrogens is 585 g/mol. The van der Waals surface area contributed by atoms with Gasteiger partial charge in [0.15, 0.2) is 0 Å². The van der Waals surface area contributed by atoms with Crippen LogP contribution in [0.25, 0.3) is 44.4 Å². The van der Waals surface area contributed by atoms with Gasteiger partial charge in [0.1, 0.15) is 0 Å². The van der Waals surface area contributed by atoms with Crippen molar-refractivity contribution in [3.8, 4) is 0 Å². The van der Waals surface area contributed by atoms with E-state index in [1.165, 1.54) is 94.8 Å². The highest BCUT2D eigenvalue weighted by Gasteiger charge is 2.28. The number of rotatable bonds is 14. The molecule has 258 valence electrons. The molecule has 2 aliphatic heterocycles. The summed E-state index contributed by atoms with van der Waals surface area (Å²) in [6, 6.07) is 4.79. The zero-order valence-corrected chi connectivity index (χ0v) is 31.9. The molecule has 5 heterocycles. The van der Waals surface area contributed by atoms with Crippen LogP contribution in [-0.2, 0) is 38.5 Å². The highest BCUT2D eigenvalue weighted by Crippen LogP contribution is 2.43. The highest BCUT2D eigenvalue weighted by atomic mass is 14.8. The summed E-state index contributed by atoms with van der Waals surface area (Å²) in [5, 5.41) is 0. The molecule has 5 rings (SSSR count). The Hall–Kier alpha value is -3.40. The van der Waals surface area contributed by atoms with Gasteiger partial charge in [-0.05, 0) is 134 Å². The number of allylic oxidation sites excluding steroid dienone is 4. The van der Waals surface area contributed by atoms with Crippen molar-refractivity contribution >= 4 is 44.4 Å². The van der Waals surface area contributed by atoms with Crippen LogP contribution in [0, 0.1) is 0 Å². The number of aryl methyl sites for hydroxylation is 5. The second-order valence-corrected chi connectivity index (χ2v) is 13.6. The molecule has 0 unspecified atom stereocenters. The molecule has 2 aliphatic rings. The smallest absolute Gasteiger partial charge is 0.0726 e. The Balaban J connectivity index is 2.15. The van der Waals surface area contributed by atoms with Gasteiger partial charge in [-0.2, -0.15) is 0 Å². The number of aromatic nitrogens is 4. The Labute approximate surface area is 291 Å². The largest absolute Gasteiger partial charge is 0.355 e. The van der Waals surface area contributed by atoms with Crippen molar-refractivity contribution in [2.75, 3.05) is 0 Å². The fourth-order valence-electron chi connectivity index (χ4n) is 8.64. The number of unbranched alkanes of at least 4 members (excludes halogenated alkanes) is 2. The molecule has 0 radical (unpaired) electrons. The average Bonchev–Trinajstić information content (AvgIpc) is 3.84. The molecule has 4 heteroatoms. The molecule has 2 N–H and O–H groups in total. The summed E-state index contributed by atoms with van der Waals surface area (Å²) in [6.45, 7) is 23.2. The van der Waals surface area contributed by atoms with Crippen molar-refractivity contribution in [1.82, 2.24) is 19.9 Å². The van der Waals surface area contributed by atoms with Gasteiger partial charge in [-0.3, -0.25) is 0 Å². The first-order chi connectivity index (χ1) is 23.4.